The molecule has 8 nitrogen and oxygen atoms in total. The average Bonchev–Trinajstić information content (AvgIpc) is 2.77. The Labute approximate surface area is 233 Å². The number of nitrogens with one attached hydrogen (secondary N) is 1. The Morgan fingerprint density at radius 1 is 1.05 bits per heavy atom. The quantitative estimate of drug-likeness (QED) is 0.412. The van der Waals surface area contributed by atoms with E-state index in [9.17, 15) is 18.0 Å². The number of amides is 2. The van der Waals surface area contributed by atoms with Crippen molar-refractivity contribution in [2.45, 2.75) is 52.2 Å². The minimum absolute atomic E-state index is 0.00389. The maximum absolute atomic E-state index is 13.8. The molecule has 2 aromatic carbocycles. The molecule has 0 unspecified atom stereocenters. The van der Waals surface area contributed by atoms with Crippen molar-refractivity contribution in [2.75, 3.05) is 24.2 Å². The van der Waals surface area contributed by atoms with E-state index in [0.717, 1.165) is 10.6 Å². The van der Waals surface area contributed by atoms with Gasteiger partial charge in [-0.3, -0.25) is 13.9 Å². The Hall–Kier alpha value is -2.20. The number of carbonyl (C=O) groups is 2. The molecule has 0 fully saturated rings. The summed E-state index contributed by atoms with van der Waals surface area (Å²) in [5, 5.41) is 3.80. The van der Waals surface area contributed by atoms with Crippen LogP contribution < -0.4 is 14.4 Å². The molecule has 2 rings (SSSR count). The van der Waals surface area contributed by atoms with E-state index in [1.165, 1.54) is 24.1 Å². The van der Waals surface area contributed by atoms with Crippen LogP contribution in [0.2, 0.25) is 15.1 Å². The zero-order valence-corrected chi connectivity index (χ0v) is 24.7. The smallest absolute Gasteiger partial charge is 0.244 e. The van der Waals surface area contributed by atoms with Crippen molar-refractivity contribution in [2.24, 2.45) is 0 Å². The average molecular weight is 593 g/mol. The first-order valence-electron chi connectivity index (χ1n) is 11.4. The molecular formula is C25H32Cl3N3O5S. The third-order valence-electron chi connectivity index (χ3n) is 5.31. The normalized spacial score (nSPS) is 12.6. The molecule has 1 atom stereocenters. The molecule has 1 N–H and O–H groups in total. The molecular weight excluding hydrogens is 561 g/mol. The fourth-order valence-corrected chi connectivity index (χ4v) is 4.99. The summed E-state index contributed by atoms with van der Waals surface area (Å²) in [5.41, 5.74) is 0.180. The predicted octanol–water partition coefficient (Wildman–Crippen LogP) is 5.14. The highest BCUT2D eigenvalue weighted by molar-refractivity contribution is 7.92. The second kappa shape index (κ2) is 12.6. The number of rotatable bonds is 10. The van der Waals surface area contributed by atoms with Crippen molar-refractivity contribution < 1.29 is 22.7 Å². The molecule has 0 radical (unpaired) electrons. The number of hydrogen-bond donors (Lipinski definition) is 1. The molecule has 0 saturated heterocycles. The lowest BCUT2D eigenvalue weighted by molar-refractivity contribution is -0.141. The van der Waals surface area contributed by atoms with Gasteiger partial charge in [0.2, 0.25) is 21.8 Å². The highest BCUT2D eigenvalue weighted by atomic mass is 35.5. The molecule has 2 aromatic rings. The molecule has 0 spiro atoms. The van der Waals surface area contributed by atoms with Crippen molar-refractivity contribution in [1.29, 1.82) is 0 Å². The molecule has 204 valence electrons. The lowest BCUT2D eigenvalue weighted by atomic mass is 10.1. The maximum Gasteiger partial charge on any atom is 0.244 e. The number of halogens is 3. The molecule has 0 bridgehead atoms. The highest BCUT2D eigenvalue weighted by Crippen LogP contribution is 2.33. The number of carbonyl (C=O) groups excluding carboxylic acids is 2. The van der Waals surface area contributed by atoms with Gasteiger partial charge in [0.15, 0.2) is 0 Å². The van der Waals surface area contributed by atoms with Gasteiger partial charge in [0.05, 0.1) is 29.1 Å². The molecule has 37 heavy (non-hydrogen) atoms. The lowest BCUT2D eigenvalue weighted by Crippen LogP contribution is -2.55. The second-order valence-electron chi connectivity index (χ2n) is 9.52. The first kappa shape index (κ1) is 31.0. The Kier molecular flexibility index (Phi) is 10.5. The summed E-state index contributed by atoms with van der Waals surface area (Å²) in [4.78, 5) is 28.4. The summed E-state index contributed by atoms with van der Waals surface area (Å²) in [6.07, 6.45) is 1.27. The van der Waals surface area contributed by atoms with Crippen LogP contribution in [0.5, 0.6) is 5.75 Å². The van der Waals surface area contributed by atoms with E-state index >= 15 is 0 Å². The molecule has 2 amide bonds. The number of benzene rings is 2. The second-order valence-corrected chi connectivity index (χ2v) is 12.7. The number of anilines is 1. The molecule has 0 aliphatic heterocycles. The van der Waals surface area contributed by atoms with Crippen LogP contribution in [0, 0.1) is 0 Å². The first-order chi connectivity index (χ1) is 17.1. The summed E-state index contributed by atoms with van der Waals surface area (Å²) in [6.45, 7) is 6.68. The van der Waals surface area contributed by atoms with Gasteiger partial charge in [-0.05, 0) is 63.1 Å². The Morgan fingerprint density at radius 3 is 2.22 bits per heavy atom. The zero-order chi connectivity index (χ0) is 28.1. The number of hydrogen-bond acceptors (Lipinski definition) is 5. The van der Waals surface area contributed by atoms with Crippen LogP contribution in [0.25, 0.3) is 0 Å². The van der Waals surface area contributed by atoms with Gasteiger partial charge in [0.1, 0.15) is 18.3 Å². The van der Waals surface area contributed by atoms with Crippen molar-refractivity contribution in [3.05, 3.63) is 57.0 Å². The number of ether oxygens (including phenoxy) is 1. The van der Waals surface area contributed by atoms with Crippen LogP contribution in [0.1, 0.15) is 39.7 Å². The van der Waals surface area contributed by atoms with Crippen LogP contribution in [0.3, 0.4) is 0 Å². The summed E-state index contributed by atoms with van der Waals surface area (Å²) in [5.74, 6) is -0.750. The number of methoxy groups -OCH3 is 1. The Morgan fingerprint density at radius 2 is 1.70 bits per heavy atom. The van der Waals surface area contributed by atoms with Crippen LogP contribution >= 0.6 is 34.8 Å². The van der Waals surface area contributed by atoms with Crippen LogP contribution in [0.4, 0.5) is 5.69 Å². The fourth-order valence-electron chi connectivity index (χ4n) is 3.66. The largest absolute Gasteiger partial charge is 0.495 e. The van der Waals surface area contributed by atoms with Gasteiger partial charge >= 0.3 is 0 Å². The number of sulfonamides is 1. The summed E-state index contributed by atoms with van der Waals surface area (Å²) in [6, 6.07) is 8.47. The number of nitrogens with zero attached hydrogens (tertiary/aromatic N) is 2. The van der Waals surface area contributed by atoms with E-state index in [-0.39, 0.29) is 35.3 Å². The van der Waals surface area contributed by atoms with Crippen molar-refractivity contribution in [3.8, 4) is 5.75 Å². The van der Waals surface area contributed by atoms with Gasteiger partial charge in [-0.15, -0.1) is 0 Å². The van der Waals surface area contributed by atoms with Gasteiger partial charge in [-0.2, -0.15) is 0 Å². The van der Waals surface area contributed by atoms with Gasteiger partial charge in [0, 0.05) is 17.1 Å². The molecule has 0 saturated carbocycles. The van der Waals surface area contributed by atoms with Crippen LogP contribution in [0.15, 0.2) is 36.4 Å². The first-order valence-corrected chi connectivity index (χ1v) is 14.4. The minimum atomic E-state index is -3.95. The third-order valence-corrected chi connectivity index (χ3v) is 7.41. The van der Waals surface area contributed by atoms with E-state index in [4.69, 9.17) is 39.5 Å². The van der Waals surface area contributed by atoms with E-state index in [1.54, 1.807) is 31.2 Å². The topological polar surface area (TPSA) is 96.0 Å². The zero-order valence-electron chi connectivity index (χ0n) is 21.6. The van der Waals surface area contributed by atoms with Gasteiger partial charge < -0.3 is 15.0 Å². The SMILES string of the molecule is CC[C@H](C(=O)NC(C)(C)C)N(Cc1ccc(Cl)c(Cl)c1)C(=O)CN(c1cc(Cl)ccc1OC)S(C)(=O)=O. The van der Waals surface area contributed by atoms with Crippen LogP contribution in [-0.2, 0) is 26.2 Å². The van der Waals surface area contributed by atoms with E-state index in [2.05, 4.69) is 5.32 Å². The molecule has 0 heterocycles. The van der Waals surface area contributed by atoms with E-state index in [1.807, 2.05) is 20.8 Å². The molecule has 12 heteroatoms. The summed E-state index contributed by atoms with van der Waals surface area (Å²) in [7, 11) is -2.57. The van der Waals surface area contributed by atoms with Crippen molar-refractivity contribution in [1.82, 2.24) is 10.2 Å². The standard InChI is InChI=1S/C25H32Cl3N3O5S/c1-7-20(24(33)29-25(2,3)4)30(14-16-8-10-18(27)19(28)12-16)23(32)15-31(37(6,34)35)21-13-17(26)9-11-22(21)36-5/h8-13,20H,7,14-15H2,1-6H3,(H,29,33)/t20-/m1/s1. The summed E-state index contributed by atoms with van der Waals surface area (Å²) < 4.78 is 31.9. The Balaban J connectivity index is 2.55. The van der Waals surface area contributed by atoms with Gasteiger partial charge in [-0.25, -0.2) is 8.42 Å². The van der Waals surface area contributed by atoms with Crippen molar-refractivity contribution >= 4 is 62.3 Å². The van der Waals surface area contributed by atoms with E-state index < -0.39 is 34.1 Å². The van der Waals surface area contributed by atoms with E-state index in [0.29, 0.717) is 15.6 Å². The van der Waals surface area contributed by atoms with Crippen LogP contribution in [-0.4, -0.2) is 56.6 Å². The maximum atomic E-state index is 13.8. The summed E-state index contributed by atoms with van der Waals surface area (Å²) >= 11 is 18.4. The highest BCUT2D eigenvalue weighted by Gasteiger charge is 2.33. The predicted molar refractivity (Wildman–Crippen MR) is 149 cm³/mol. The fraction of sp³-hybridized carbons (Fsp3) is 0.440. The van der Waals surface area contributed by atoms with Gasteiger partial charge in [0.25, 0.3) is 0 Å². The molecule has 0 aliphatic carbocycles. The third kappa shape index (κ3) is 8.67. The molecule has 0 aliphatic rings. The monoisotopic (exact) mass is 591 g/mol. The lowest BCUT2D eigenvalue weighted by Gasteiger charge is -2.34. The van der Waals surface area contributed by atoms with Crippen molar-refractivity contribution in [3.63, 3.8) is 0 Å². The van der Waals surface area contributed by atoms with Gasteiger partial charge in [-0.1, -0.05) is 47.8 Å². The Bertz CT molecular complexity index is 1250. The minimum Gasteiger partial charge on any atom is -0.495 e. The molecule has 0 aromatic heterocycles.